The summed E-state index contributed by atoms with van der Waals surface area (Å²) in [5.41, 5.74) is 3.71. The maximum atomic E-state index is 5.89. The van der Waals surface area contributed by atoms with Crippen LogP contribution in [-0.4, -0.2) is 15.3 Å². The number of hydrogen-bond acceptors (Lipinski definition) is 2. The van der Waals surface area contributed by atoms with Crippen molar-refractivity contribution in [2.24, 2.45) is 0 Å². The van der Waals surface area contributed by atoms with Crippen molar-refractivity contribution in [3.05, 3.63) is 46.7 Å². The smallest absolute Gasteiger partial charge is 0.0790 e. The zero-order chi connectivity index (χ0) is 14.0. The molecule has 0 saturated carbocycles. The molecule has 0 radical (unpaired) electrons. The second-order valence-electron chi connectivity index (χ2n) is 5.82. The number of rotatable bonds is 3. The molecule has 0 amide bonds. The molecule has 1 heterocycles. The summed E-state index contributed by atoms with van der Waals surface area (Å²) < 4.78 is 1.79. The van der Waals surface area contributed by atoms with Crippen molar-refractivity contribution >= 4 is 11.6 Å². The molecular formula is C15H20ClN3. The Kier molecular flexibility index (Phi) is 3.97. The van der Waals surface area contributed by atoms with Crippen molar-refractivity contribution in [3.63, 3.8) is 0 Å². The summed E-state index contributed by atoms with van der Waals surface area (Å²) >= 11 is 5.89. The summed E-state index contributed by atoms with van der Waals surface area (Å²) in [6.45, 7) is 9.50. The highest BCUT2D eigenvalue weighted by Gasteiger charge is 2.10. The molecule has 0 aliphatic carbocycles. The quantitative estimate of drug-likeness (QED) is 0.927. The van der Waals surface area contributed by atoms with E-state index in [0.717, 1.165) is 12.2 Å². The van der Waals surface area contributed by atoms with Gasteiger partial charge >= 0.3 is 0 Å². The van der Waals surface area contributed by atoms with Gasteiger partial charge in [0.2, 0.25) is 0 Å². The van der Waals surface area contributed by atoms with Gasteiger partial charge in [-0.15, -0.1) is 0 Å². The van der Waals surface area contributed by atoms with Crippen molar-refractivity contribution in [1.29, 1.82) is 0 Å². The Morgan fingerprint density at radius 1 is 1.32 bits per heavy atom. The molecule has 4 heteroatoms. The normalized spacial score (nSPS) is 11.8. The van der Waals surface area contributed by atoms with Crippen LogP contribution in [0.2, 0.25) is 5.02 Å². The first kappa shape index (κ1) is 14.1. The Morgan fingerprint density at radius 2 is 2.05 bits per heavy atom. The molecule has 0 aliphatic heterocycles. The first-order valence-electron chi connectivity index (χ1n) is 6.40. The lowest BCUT2D eigenvalue weighted by Gasteiger charge is -2.21. The Balaban J connectivity index is 2.18. The van der Waals surface area contributed by atoms with Gasteiger partial charge in [0.15, 0.2) is 0 Å². The van der Waals surface area contributed by atoms with Crippen molar-refractivity contribution in [1.82, 2.24) is 15.1 Å². The van der Waals surface area contributed by atoms with Gasteiger partial charge in [0.1, 0.15) is 0 Å². The number of benzene rings is 1. The van der Waals surface area contributed by atoms with Crippen LogP contribution in [0, 0.1) is 6.92 Å². The summed E-state index contributed by atoms with van der Waals surface area (Å²) in [6.07, 6.45) is 3.45. The standard InChI is InChI=1S/C15H20ClN3/c1-11-7-14(19-10-13(16)9-18-19)6-5-12(11)8-17-15(2,3)4/h5-7,9-10,17H,8H2,1-4H3. The molecule has 102 valence electrons. The van der Waals surface area contributed by atoms with E-state index in [4.69, 9.17) is 11.6 Å². The molecule has 0 saturated heterocycles. The molecule has 2 aromatic rings. The molecular weight excluding hydrogens is 258 g/mol. The number of halogens is 1. The third-order valence-electron chi connectivity index (χ3n) is 2.95. The Labute approximate surface area is 119 Å². The largest absolute Gasteiger partial charge is 0.308 e. The van der Waals surface area contributed by atoms with Gasteiger partial charge in [0.25, 0.3) is 0 Å². The molecule has 1 aromatic heterocycles. The van der Waals surface area contributed by atoms with E-state index in [0.29, 0.717) is 5.02 Å². The van der Waals surface area contributed by atoms with Crippen LogP contribution in [0.3, 0.4) is 0 Å². The van der Waals surface area contributed by atoms with E-state index >= 15 is 0 Å². The lowest BCUT2D eigenvalue weighted by molar-refractivity contribution is 0.424. The monoisotopic (exact) mass is 277 g/mol. The minimum Gasteiger partial charge on any atom is -0.308 e. The molecule has 0 aliphatic rings. The first-order chi connectivity index (χ1) is 8.85. The lowest BCUT2D eigenvalue weighted by atomic mass is 10.0. The highest BCUT2D eigenvalue weighted by molar-refractivity contribution is 6.30. The zero-order valence-corrected chi connectivity index (χ0v) is 12.6. The predicted octanol–water partition coefficient (Wildman–Crippen LogP) is 3.72. The maximum Gasteiger partial charge on any atom is 0.0790 e. The SMILES string of the molecule is Cc1cc(-n2cc(Cl)cn2)ccc1CNC(C)(C)C. The van der Waals surface area contributed by atoms with E-state index in [-0.39, 0.29) is 5.54 Å². The van der Waals surface area contributed by atoms with Crippen LogP contribution < -0.4 is 5.32 Å². The number of nitrogens with one attached hydrogen (secondary N) is 1. The highest BCUT2D eigenvalue weighted by atomic mass is 35.5. The fraction of sp³-hybridized carbons (Fsp3) is 0.400. The minimum atomic E-state index is 0.126. The van der Waals surface area contributed by atoms with Crippen LogP contribution in [0.15, 0.2) is 30.6 Å². The van der Waals surface area contributed by atoms with Gasteiger partial charge in [-0.3, -0.25) is 0 Å². The maximum absolute atomic E-state index is 5.89. The minimum absolute atomic E-state index is 0.126. The van der Waals surface area contributed by atoms with E-state index in [1.54, 1.807) is 10.9 Å². The van der Waals surface area contributed by atoms with Crippen LogP contribution in [0.25, 0.3) is 5.69 Å². The first-order valence-corrected chi connectivity index (χ1v) is 6.78. The third kappa shape index (κ3) is 3.82. The predicted molar refractivity (Wildman–Crippen MR) is 79.9 cm³/mol. The Hall–Kier alpha value is -1.32. The Morgan fingerprint density at radius 3 is 2.58 bits per heavy atom. The van der Waals surface area contributed by atoms with Gasteiger partial charge < -0.3 is 5.32 Å². The topological polar surface area (TPSA) is 29.9 Å². The average molecular weight is 278 g/mol. The molecule has 1 N–H and O–H groups in total. The third-order valence-corrected chi connectivity index (χ3v) is 3.15. The summed E-state index contributed by atoms with van der Waals surface area (Å²) in [5.74, 6) is 0. The van der Waals surface area contributed by atoms with E-state index in [2.05, 4.69) is 56.3 Å². The fourth-order valence-electron chi connectivity index (χ4n) is 1.82. The van der Waals surface area contributed by atoms with E-state index < -0.39 is 0 Å². The summed E-state index contributed by atoms with van der Waals surface area (Å²) in [6, 6.07) is 6.33. The van der Waals surface area contributed by atoms with Gasteiger partial charge in [0, 0.05) is 18.3 Å². The van der Waals surface area contributed by atoms with Crippen molar-refractivity contribution in [2.75, 3.05) is 0 Å². The highest BCUT2D eigenvalue weighted by Crippen LogP contribution is 2.17. The number of nitrogens with zero attached hydrogens (tertiary/aromatic N) is 2. The van der Waals surface area contributed by atoms with Gasteiger partial charge in [-0.05, 0) is 51.0 Å². The number of aryl methyl sites for hydroxylation is 1. The molecule has 0 fully saturated rings. The second kappa shape index (κ2) is 5.35. The molecule has 19 heavy (non-hydrogen) atoms. The molecule has 0 spiro atoms. The van der Waals surface area contributed by atoms with Gasteiger partial charge in [-0.1, -0.05) is 17.7 Å². The number of hydrogen-bond donors (Lipinski definition) is 1. The molecule has 2 rings (SSSR count). The summed E-state index contributed by atoms with van der Waals surface area (Å²) in [7, 11) is 0. The fourth-order valence-corrected chi connectivity index (χ4v) is 1.96. The van der Waals surface area contributed by atoms with Crippen LogP contribution in [0.1, 0.15) is 31.9 Å². The van der Waals surface area contributed by atoms with E-state index in [1.807, 2.05) is 6.20 Å². The lowest BCUT2D eigenvalue weighted by Crippen LogP contribution is -2.35. The summed E-state index contributed by atoms with van der Waals surface area (Å²) in [5, 5.41) is 8.36. The Bertz CT molecular complexity index is 567. The van der Waals surface area contributed by atoms with Gasteiger partial charge in [0.05, 0.1) is 16.9 Å². The number of aromatic nitrogens is 2. The van der Waals surface area contributed by atoms with E-state index in [9.17, 15) is 0 Å². The average Bonchev–Trinajstić information content (AvgIpc) is 2.73. The molecule has 0 atom stereocenters. The van der Waals surface area contributed by atoms with Crippen molar-refractivity contribution in [3.8, 4) is 5.69 Å². The van der Waals surface area contributed by atoms with Gasteiger partial charge in [-0.25, -0.2) is 4.68 Å². The molecule has 3 nitrogen and oxygen atoms in total. The van der Waals surface area contributed by atoms with E-state index in [1.165, 1.54) is 11.1 Å². The van der Waals surface area contributed by atoms with Crippen LogP contribution in [-0.2, 0) is 6.54 Å². The summed E-state index contributed by atoms with van der Waals surface area (Å²) in [4.78, 5) is 0. The second-order valence-corrected chi connectivity index (χ2v) is 6.25. The van der Waals surface area contributed by atoms with Crippen LogP contribution >= 0.6 is 11.6 Å². The zero-order valence-electron chi connectivity index (χ0n) is 11.9. The van der Waals surface area contributed by atoms with Crippen molar-refractivity contribution in [2.45, 2.75) is 39.8 Å². The van der Waals surface area contributed by atoms with Crippen molar-refractivity contribution < 1.29 is 0 Å². The van der Waals surface area contributed by atoms with Gasteiger partial charge in [-0.2, -0.15) is 5.10 Å². The molecule has 1 aromatic carbocycles. The van der Waals surface area contributed by atoms with Crippen LogP contribution in [0.5, 0.6) is 0 Å². The molecule has 0 unspecified atom stereocenters. The van der Waals surface area contributed by atoms with Crippen LogP contribution in [0.4, 0.5) is 0 Å². The molecule has 0 bridgehead atoms.